The van der Waals surface area contributed by atoms with Crippen molar-refractivity contribution in [1.82, 2.24) is 15.5 Å². The highest BCUT2D eigenvalue weighted by Gasteiger charge is 2.36. The van der Waals surface area contributed by atoms with Crippen molar-refractivity contribution in [2.45, 2.75) is 19.9 Å². The fourth-order valence-electron chi connectivity index (χ4n) is 4.08. The second-order valence-corrected chi connectivity index (χ2v) is 8.48. The van der Waals surface area contributed by atoms with E-state index in [0.717, 1.165) is 5.56 Å². The SMILES string of the molecule is CC1=C(c2nc(-c3cccc(Cl)c3)no2)C(c2ccc(F)cc2)NC(=O)N1c1cccc(C)c1. The summed E-state index contributed by atoms with van der Waals surface area (Å²) in [6, 6.07) is 19.8. The first-order valence-electron chi connectivity index (χ1n) is 10.6. The molecule has 0 saturated heterocycles. The molecule has 1 aliphatic heterocycles. The minimum atomic E-state index is -0.609. The summed E-state index contributed by atoms with van der Waals surface area (Å²) >= 11 is 6.12. The number of halogens is 2. The quantitative estimate of drug-likeness (QED) is 0.364. The topological polar surface area (TPSA) is 71.3 Å². The normalized spacial score (nSPS) is 16.1. The maximum Gasteiger partial charge on any atom is 0.326 e. The number of carbonyl (C=O) groups is 1. The first-order chi connectivity index (χ1) is 16.4. The van der Waals surface area contributed by atoms with Crippen molar-refractivity contribution in [3.05, 3.63) is 106 Å². The van der Waals surface area contributed by atoms with Gasteiger partial charge in [0.2, 0.25) is 5.82 Å². The lowest BCUT2D eigenvalue weighted by Gasteiger charge is -2.35. The molecule has 1 atom stereocenters. The fourth-order valence-corrected chi connectivity index (χ4v) is 4.27. The highest BCUT2D eigenvalue weighted by Crippen LogP contribution is 2.39. The van der Waals surface area contributed by atoms with Crippen LogP contribution in [0.1, 0.15) is 30.0 Å². The van der Waals surface area contributed by atoms with Gasteiger partial charge in [0, 0.05) is 16.3 Å². The van der Waals surface area contributed by atoms with Crippen LogP contribution in [-0.4, -0.2) is 16.2 Å². The first-order valence-corrected chi connectivity index (χ1v) is 11.0. The Kier molecular flexibility index (Phi) is 5.63. The molecule has 2 heterocycles. The number of carbonyl (C=O) groups excluding carboxylic acids is 1. The zero-order valence-electron chi connectivity index (χ0n) is 18.4. The van der Waals surface area contributed by atoms with Crippen LogP contribution < -0.4 is 10.2 Å². The number of nitrogens with one attached hydrogen (secondary N) is 1. The summed E-state index contributed by atoms with van der Waals surface area (Å²) in [6.07, 6.45) is 0. The molecule has 1 aromatic heterocycles. The van der Waals surface area contributed by atoms with Crippen molar-refractivity contribution < 1.29 is 13.7 Å². The van der Waals surface area contributed by atoms with Crippen molar-refractivity contribution in [3.63, 3.8) is 0 Å². The molecule has 1 N–H and O–H groups in total. The fraction of sp³-hybridized carbons (Fsp3) is 0.115. The Bertz CT molecular complexity index is 1410. The summed E-state index contributed by atoms with van der Waals surface area (Å²) in [5.41, 5.74) is 4.37. The number of rotatable bonds is 4. The van der Waals surface area contributed by atoms with E-state index in [1.54, 1.807) is 35.2 Å². The molecule has 1 unspecified atom stereocenters. The third-order valence-electron chi connectivity index (χ3n) is 5.69. The van der Waals surface area contributed by atoms with Gasteiger partial charge < -0.3 is 9.84 Å². The van der Waals surface area contributed by atoms with Gasteiger partial charge in [-0.2, -0.15) is 4.98 Å². The molecule has 2 amide bonds. The first kappa shape index (κ1) is 21.9. The van der Waals surface area contributed by atoms with Crippen molar-refractivity contribution >= 4 is 28.9 Å². The molecule has 0 radical (unpaired) electrons. The monoisotopic (exact) mass is 474 g/mol. The number of urea groups is 1. The van der Waals surface area contributed by atoms with Crippen molar-refractivity contribution in [3.8, 4) is 11.4 Å². The molecule has 0 saturated carbocycles. The molecule has 4 aromatic rings. The van der Waals surface area contributed by atoms with Crippen LogP contribution in [0.2, 0.25) is 5.02 Å². The van der Waals surface area contributed by atoms with Crippen LogP contribution in [0, 0.1) is 12.7 Å². The van der Waals surface area contributed by atoms with Gasteiger partial charge in [0.1, 0.15) is 5.82 Å². The van der Waals surface area contributed by atoms with Gasteiger partial charge in [0.25, 0.3) is 5.89 Å². The number of allylic oxidation sites excluding steroid dienone is 1. The number of benzene rings is 3. The smallest absolute Gasteiger partial charge is 0.326 e. The molecule has 34 heavy (non-hydrogen) atoms. The van der Waals surface area contributed by atoms with E-state index < -0.39 is 6.04 Å². The molecular weight excluding hydrogens is 455 g/mol. The van der Waals surface area contributed by atoms with Crippen LogP contribution in [0.5, 0.6) is 0 Å². The van der Waals surface area contributed by atoms with Gasteiger partial charge in [-0.05, 0) is 61.4 Å². The van der Waals surface area contributed by atoms with Crippen molar-refractivity contribution in [2.24, 2.45) is 0 Å². The summed E-state index contributed by atoms with van der Waals surface area (Å²) in [4.78, 5) is 19.4. The Hall–Kier alpha value is -3.97. The zero-order valence-corrected chi connectivity index (χ0v) is 19.2. The van der Waals surface area contributed by atoms with E-state index in [1.165, 1.54) is 12.1 Å². The molecule has 1 aliphatic rings. The largest absolute Gasteiger partial charge is 0.334 e. The van der Waals surface area contributed by atoms with E-state index in [1.807, 2.05) is 44.2 Å². The van der Waals surface area contributed by atoms with Crippen LogP contribution in [0.15, 0.2) is 83.0 Å². The average Bonchev–Trinajstić information content (AvgIpc) is 3.29. The lowest BCUT2D eigenvalue weighted by atomic mass is 9.94. The molecular formula is C26H20ClFN4O2. The second kappa shape index (κ2) is 8.76. The molecule has 5 rings (SSSR count). The predicted octanol–water partition coefficient (Wildman–Crippen LogP) is 6.54. The average molecular weight is 475 g/mol. The Morgan fingerprint density at radius 2 is 1.79 bits per heavy atom. The maximum atomic E-state index is 13.6. The van der Waals surface area contributed by atoms with E-state index in [4.69, 9.17) is 16.1 Å². The number of anilines is 1. The standard InChI is InChI=1S/C26H20ClFN4O2/c1-15-5-3-8-21(13-15)32-16(2)22(23(29-26(32)33)17-9-11-20(28)12-10-17)25-30-24(31-34-25)18-6-4-7-19(27)14-18/h3-14,23H,1-2H3,(H,29,33). The molecule has 0 aliphatic carbocycles. The molecule has 0 fully saturated rings. The summed E-state index contributed by atoms with van der Waals surface area (Å²) in [6.45, 7) is 3.79. The third-order valence-corrected chi connectivity index (χ3v) is 5.92. The maximum absolute atomic E-state index is 13.6. The summed E-state index contributed by atoms with van der Waals surface area (Å²) in [5, 5.41) is 7.71. The van der Waals surface area contributed by atoms with E-state index in [2.05, 4.69) is 15.5 Å². The Morgan fingerprint density at radius 1 is 1.03 bits per heavy atom. The zero-order chi connectivity index (χ0) is 23.8. The summed E-state index contributed by atoms with van der Waals surface area (Å²) in [7, 11) is 0. The van der Waals surface area contributed by atoms with Crippen molar-refractivity contribution in [1.29, 1.82) is 0 Å². The van der Waals surface area contributed by atoms with Crippen molar-refractivity contribution in [2.75, 3.05) is 4.90 Å². The van der Waals surface area contributed by atoms with Gasteiger partial charge in [-0.25, -0.2) is 9.18 Å². The van der Waals surface area contributed by atoms with Crippen LogP contribution in [0.3, 0.4) is 0 Å². The van der Waals surface area contributed by atoms with Crippen LogP contribution in [-0.2, 0) is 0 Å². The lowest BCUT2D eigenvalue weighted by Crippen LogP contribution is -2.46. The molecule has 0 spiro atoms. The molecule has 170 valence electrons. The number of aryl methyl sites for hydroxylation is 1. The minimum Gasteiger partial charge on any atom is -0.334 e. The highest BCUT2D eigenvalue weighted by atomic mass is 35.5. The number of nitrogens with zero attached hydrogens (tertiary/aromatic N) is 3. The Morgan fingerprint density at radius 3 is 2.53 bits per heavy atom. The number of hydrogen-bond acceptors (Lipinski definition) is 4. The summed E-state index contributed by atoms with van der Waals surface area (Å²) in [5.74, 6) is 0.254. The van der Waals surface area contributed by atoms with Gasteiger partial charge in [0.15, 0.2) is 0 Å². The van der Waals surface area contributed by atoms with Crippen LogP contribution in [0.4, 0.5) is 14.9 Å². The second-order valence-electron chi connectivity index (χ2n) is 8.04. The van der Waals surface area contributed by atoms with Gasteiger partial charge in [-0.3, -0.25) is 4.90 Å². The minimum absolute atomic E-state index is 0.249. The van der Waals surface area contributed by atoms with E-state index in [-0.39, 0.29) is 17.7 Å². The van der Waals surface area contributed by atoms with E-state index in [0.29, 0.717) is 38.9 Å². The number of hydrogen-bond donors (Lipinski definition) is 1. The molecule has 3 aromatic carbocycles. The third kappa shape index (κ3) is 4.06. The number of amides is 2. The lowest BCUT2D eigenvalue weighted by molar-refractivity contribution is 0.244. The Labute approximate surface area is 200 Å². The molecule has 8 heteroatoms. The van der Waals surface area contributed by atoms with Crippen LogP contribution >= 0.6 is 11.6 Å². The van der Waals surface area contributed by atoms with E-state index >= 15 is 0 Å². The van der Waals surface area contributed by atoms with Gasteiger partial charge >= 0.3 is 6.03 Å². The summed E-state index contributed by atoms with van der Waals surface area (Å²) < 4.78 is 19.3. The van der Waals surface area contributed by atoms with Crippen LogP contribution in [0.25, 0.3) is 17.0 Å². The molecule has 6 nitrogen and oxygen atoms in total. The van der Waals surface area contributed by atoms with Gasteiger partial charge in [-0.15, -0.1) is 0 Å². The predicted molar refractivity (Wildman–Crippen MR) is 129 cm³/mol. The van der Waals surface area contributed by atoms with Gasteiger partial charge in [0.05, 0.1) is 17.3 Å². The Balaban J connectivity index is 1.66. The van der Waals surface area contributed by atoms with E-state index in [9.17, 15) is 9.18 Å². The number of aromatic nitrogens is 2. The highest BCUT2D eigenvalue weighted by molar-refractivity contribution is 6.30. The van der Waals surface area contributed by atoms with Gasteiger partial charge in [-0.1, -0.05) is 53.2 Å². The molecule has 0 bridgehead atoms.